The summed E-state index contributed by atoms with van der Waals surface area (Å²) in [4.78, 5) is 4.47. The lowest BCUT2D eigenvalue weighted by molar-refractivity contribution is 0.322. The van der Waals surface area contributed by atoms with Gasteiger partial charge < -0.3 is 9.84 Å². The van der Waals surface area contributed by atoms with Crippen LogP contribution in [0.1, 0.15) is 24.7 Å². The van der Waals surface area contributed by atoms with E-state index in [1.165, 1.54) is 0 Å². The fourth-order valence-corrected chi connectivity index (χ4v) is 2.31. The molecule has 0 saturated carbocycles. The van der Waals surface area contributed by atoms with E-state index >= 15 is 0 Å². The molecular weight excluding hydrogens is 250 g/mol. The molecule has 1 fully saturated rings. The van der Waals surface area contributed by atoms with Crippen molar-refractivity contribution in [2.75, 3.05) is 13.1 Å². The van der Waals surface area contributed by atoms with Crippen molar-refractivity contribution < 1.29 is 4.52 Å². The SMILES string of the molecule is Clc1ccc(-c2noc([C@@H]3CCCNC3)n2)cc1. The first-order valence-electron chi connectivity index (χ1n) is 6.13. The summed E-state index contributed by atoms with van der Waals surface area (Å²) in [6, 6.07) is 7.45. The maximum Gasteiger partial charge on any atom is 0.231 e. The van der Waals surface area contributed by atoms with Gasteiger partial charge in [0.25, 0.3) is 0 Å². The molecule has 3 rings (SSSR count). The Morgan fingerprint density at radius 1 is 1.28 bits per heavy atom. The quantitative estimate of drug-likeness (QED) is 0.905. The minimum Gasteiger partial charge on any atom is -0.339 e. The van der Waals surface area contributed by atoms with Crippen molar-refractivity contribution >= 4 is 11.6 Å². The smallest absolute Gasteiger partial charge is 0.231 e. The van der Waals surface area contributed by atoms with Gasteiger partial charge in [0.15, 0.2) is 0 Å². The lowest BCUT2D eigenvalue weighted by Gasteiger charge is -2.18. The maximum atomic E-state index is 5.85. The van der Waals surface area contributed by atoms with Crippen LogP contribution in [0.3, 0.4) is 0 Å². The van der Waals surface area contributed by atoms with Crippen molar-refractivity contribution in [1.82, 2.24) is 15.5 Å². The summed E-state index contributed by atoms with van der Waals surface area (Å²) in [5.74, 6) is 1.70. The summed E-state index contributed by atoms with van der Waals surface area (Å²) in [6.45, 7) is 2.00. The van der Waals surface area contributed by atoms with Crippen molar-refractivity contribution in [2.24, 2.45) is 0 Å². The van der Waals surface area contributed by atoms with E-state index in [0.29, 0.717) is 16.8 Å². The first-order chi connectivity index (χ1) is 8.83. The predicted molar refractivity (Wildman–Crippen MR) is 69.6 cm³/mol. The van der Waals surface area contributed by atoms with E-state index in [1.54, 1.807) is 0 Å². The molecule has 0 unspecified atom stereocenters. The molecule has 2 aromatic rings. The molecule has 5 heteroatoms. The second-order valence-corrected chi connectivity index (χ2v) is 4.94. The zero-order valence-electron chi connectivity index (χ0n) is 9.90. The van der Waals surface area contributed by atoms with E-state index in [9.17, 15) is 0 Å². The zero-order valence-corrected chi connectivity index (χ0v) is 10.7. The molecule has 1 saturated heterocycles. The van der Waals surface area contributed by atoms with Crippen LogP contribution in [0.15, 0.2) is 28.8 Å². The lowest BCUT2D eigenvalue weighted by atomic mass is 10.00. The van der Waals surface area contributed by atoms with Gasteiger partial charge in [-0.05, 0) is 43.7 Å². The Morgan fingerprint density at radius 2 is 2.11 bits per heavy atom. The monoisotopic (exact) mass is 263 g/mol. The zero-order chi connectivity index (χ0) is 12.4. The van der Waals surface area contributed by atoms with Crippen molar-refractivity contribution in [2.45, 2.75) is 18.8 Å². The van der Waals surface area contributed by atoms with Gasteiger partial charge in [-0.2, -0.15) is 4.98 Å². The van der Waals surface area contributed by atoms with Crippen LogP contribution >= 0.6 is 11.6 Å². The summed E-state index contributed by atoms with van der Waals surface area (Å²) in [5.41, 5.74) is 0.929. The van der Waals surface area contributed by atoms with Gasteiger partial charge >= 0.3 is 0 Å². The van der Waals surface area contributed by atoms with E-state index < -0.39 is 0 Å². The molecule has 1 atom stereocenters. The third-order valence-corrected chi connectivity index (χ3v) is 3.44. The lowest BCUT2D eigenvalue weighted by Crippen LogP contribution is -2.28. The molecule has 1 N–H and O–H groups in total. The highest BCUT2D eigenvalue weighted by Crippen LogP contribution is 2.25. The van der Waals surface area contributed by atoms with E-state index in [0.717, 1.165) is 37.4 Å². The van der Waals surface area contributed by atoms with Crippen molar-refractivity contribution in [3.05, 3.63) is 35.2 Å². The number of nitrogens with one attached hydrogen (secondary N) is 1. The Hall–Kier alpha value is -1.39. The number of nitrogens with zero attached hydrogens (tertiary/aromatic N) is 2. The van der Waals surface area contributed by atoms with Crippen LogP contribution in [0.4, 0.5) is 0 Å². The summed E-state index contributed by atoms with van der Waals surface area (Å²) >= 11 is 5.85. The Labute approximate surface area is 110 Å². The molecular formula is C13H14ClN3O. The van der Waals surface area contributed by atoms with Gasteiger partial charge in [0.1, 0.15) is 0 Å². The number of rotatable bonds is 2. The second kappa shape index (κ2) is 5.08. The predicted octanol–water partition coefficient (Wildman–Crippen LogP) is 2.86. The largest absolute Gasteiger partial charge is 0.339 e. The molecule has 18 heavy (non-hydrogen) atoms. The highest BCUT2D eigenvalue weighted by atomic mass is 35.5. The van der Waals surface area contributed by atoms with Gasteiger partial charge in [0.05, 0.1) is 5.92 Å². The summed E-state index contributed by atoms with van der Waals surface area (Å²) in [6.07, 6.45) is 2.26. The summed E-state index contributed by atoms with van der Waals surface area (Å²) < 4.78 is 5.35. The first kappa shape index (κ1) is 11.7. The molecule has 94 valence electrons. The molecule has 0 spiro atoms. The van der Waals surface area contributed by atoms with Crippen molar-refractivity contribution in [3.8, 4) is 11.4 Å². The Bertz CT molecular complexity index is 517. The van der Waals surface area contributed by atoms with Crippen LogP contribution in [-0.4, -0.2) is 23.2 Å². The molecule has 0 amide bonds. The van der Waals surface area contributed by atoms with E-state index in [-0.39, 0.29) is 0 Å². The summed E-state index contributed by atoms with van der Waals surface area (Å²) in [7, 11) is 0. The van der Waals surface area contributed by atoms with Crippen LogP contribution in [0.5, 0.6) is 0 Å². The molecule has 1 aromatic carbocycles. The average molecular weight is 264 g/mol. The van der Waals surface area contributed by atoms with Gasteiger partial charge in [-0.25, -0.2) is 0 Å². The van der Waals surface area contributed by atoms with Crippen LogP contribution < -0.4 is 5.32 Å². The van der Waals surface area contributed by atoms with Crippen molar-refractivity contribution in [1.29, 1.82) is 0 Å². The van der Waals surface area contributed by atoms with Gasteiger partial charge in [-0.15, -0.1) is 0 Å². The number of hydrogen-bond acceptors (Lipinski definition) is 4. The number of halogens is 1. The van der Waals surface area contributed by atoms with Gasteiger partial charge in [0, 0.05) is 17.1 Å². The van der Waals surface area contributed by atoms with E-state index in [2.05, 4.69) is 15.5 Å². The van der Waals surface area contributed by atoms with Crippen LogP contribution in [0.25, 0.3) is 11.4 Å². The topological polar surface area (TPSA) is 51.0 Å². The first-order valence-corrected chi connectivity index (χ1v) is 6.51. The van der Waals surface area contributed by atoms with Gasteiger partial charge in [0.2, 0.25) is 11.7 Å². The molecule has 1 aromatic heterocycles. The Balaban J connectivity index is 1.82. The van der Waals surface area contributed by atoms with E-state index in [4.69, 9.17) is 16.1 Å². The normalized spacial score (nSPS) is 19.9. The number of aromatic nitrogens is 2. The number of piperidine rings is 1. The van der Waals surface area contributed by atoms with Crippen LogP contribution in [0.2, 0.25) is 5.02 Å². The highest BCUT2D eigenvalue weighted by Gasteiger charge is 2.21. The summed E-state index contributed by atoms with van der Waals surface area (Å²) in [5, 5.41) is 8.09. The fraction of sp³-hybridized carbons (Fsp3) is 0.385. The maximum absolute atomic E-state index is 5.85. The number of benzene rings is 1. The average Bonchev–Trinajstić information content (AvgIpc) is 2.90. The third-order valence-electron chi connectivity index (χ3n) is 3.19. The molecule has 0 radical (unpaired) electrons. The molecule has 0 bridgehead atoms. The second-order valence-electron chi connectivity index (χ2n) is 4.51. The minimum atomic E-state index is 0.340. The molecule has 0 aliphatic carbocycles. The van der Waals surface area contributed by atoms with Crippen LogP contribution in [-0.2, 0) is 0 Å². The number of hydrogen-bond donors (Lipinski definition) is 1. The molecule has 2 heterocycles. The van der Waals surface area contributed by atoms with Gasteiger partial charge in [-0.3, -0.25) is 0 Å². The van der Waals surface area contributed by atoms with E-state index in [1.807, 2.05) is 24.3 Å². The minimum absolute atomic E-state index is 0.340. The highest BCUT2D eigenvalue weighted by molar-refractivity contribution is 6.30. The standard InChI is InChI=1S/C13H14ClN3O/c14-11-5-3-9(4-6-11)12-16-13(18-17-12)10-2-1-7-15-8-10/h3-6,10,15H,1-2,7-8H2/t10-/m1/s1. The Kier molecular flexibility index (Phi) is 3.30. The van der Waals surface area contributed by atoms with Crippen LogP contribution in [0, 0.1) is 0 Å². The fourth-order valence-electron chi connectivity index (χ4n) is 2.18. The van der Waals surface area contributed by atoms with Crippen molar-refractivity contribution in [3.63, 3.8) is 0 Å². The third kappa shape index (κ3) is 2.40. The van der Waals surface area contributed by atoms with Gasteiger partial charge in [-0.1, -0.05) is 16.8 Å². The Morgan fingerprint density at radius 3 is 2.83 bits per heavy atom. The molecule has 1 aliphatic heterocycles. The molecule has 1 aliphatic rings. The molecule has 4 nitrogen and oxygen atoms in total.